The van der Waals surface area contributed by atoms with Crippen LogP contribution in [0.2, 0.25) is 0 Å². The van der Waals surface area contributed by atoms with Crippen LogP contribution < -0.4 is 0 Å². The highest BCUT2D eigenvalue weighted by atomic mass is 16.2. The molecule has 0 atom stereocenters. The maximum Gasteiger partial charge on any atom is 0.245 e. The Bertz CT molecular complexity index is 375. The Morgan fingerprint density at radius 2 is 2.47 bits per heavy atom. The van der Waals surface area contributed by atoms with Crippen molar-refractivity contribution < 1.29 is 4.79 Å². The van der Waals surface area contributed by atoms with Gasteiger partial charge >= 0.3 is 0 Å². The summed E-state index contributed by atoms with van der Waals surface area (Å²) in [6.45, 7) is 0.413. The van der Waals surface area contributed by atoms with Gasteiger partial charge < -0.3 is 4.90 Å². The van der Waals surface area contributed by atoms with Crippen LogP contribution in [0.1, 0.15) is 12.8 Å². The van der Waals surface area contributed by atoms with Gasteiger partial charge in [-0.25, -0.2) is 0 Å². The molecule has 0 saturated heterocycles. The maximum absolute atomic E-state index is 11.8. The van der Waals surface area contributed by atoms with Gasteiger partial charge in [-0.3, -0.25) is 9.48 Å². The Hall–Kier alpha value is -1.83. The molecule has 1 heterocycles. The number of aromatic nitrogens is 2. The second kappa shape index (κ2) is 4.13. The highest BCUT2D eigenvalue weighted by Crippen LogP contribution is 2.26. The highest BCUT2D eigenvalue weighted by Gasteiger charge is 2.32. The molecule has 1 aromatic heterocycles. The number of carbonyl (C=O) groups is 1. The normalized spacial score (nSPS) is 14.6. The van der Waals surface area contributed by atoms with Gasteiger partial charge in [0.2, 0.25) is 5.91 Å². The molecule has 78 valence electrons. The molecule has 1 aromatic rings. The molecular weight excluding hydrogens is 192 g/mol. The largest absolute Gasteiger partial charge is 0.325 e. The standard InChI is InChI=1S/C10H12N4O/c11-4-7-14(9-2-3-9)10(15)8-13-6-1-5-12-13/h1,5-6,9H,2-3,7-8H2. The summed E-state index contributed by atoms with van der Waals surface area (Å²) in [4.78, 5) is 13.4. The van der Waals surface area contributed by atoms with Gasteiger partial charge in [0.15, 0.2) is 0 Å². The lowest BCUT2D eigenvalue weighted by atomic mass is 10.4. The fraction of sp³-hybridized carbons (Fsp3) is 0.500. The van der Waals surface area contributed by atoms with Gasteiger partial charge in [-0.2, -0.15) is 10.4 Å². The van der Waals surface area contributed by atoms with E-state index in [0.717, 1.165) is 12.8 Å². The lowest BCUT2D eigenvalue weighted by molar-refractivity contribution is -0.132. The van der Waals surface area contributed by atoms with Gasteiger partial charge in [0.25, 0.3) is 0 Å². The van der Waals surface area contributed by atoms with E-state index in [4.69, 9.17) is 5.26 Å². The summed E-state index contributed by atoms with van der Waals surface area (Å²) in [6.07, 6.45) is 5.42. The summed E-state index contributed by atoms with van der Waals surface area (Å²) in [5.74, 6) is -0.0252. The Balaban J connectivity index is 1.96. The van der Waals surface area contributed by atoms with Crippen molar-refractivity contribution in [2.24, 2.45) is 0 Å². The van der Waals surface area contributed by atoms with Crippen LogP contribution in [-0.4, -0.2) is 33.2 Å². The number of rotatable bonds is 4. The first kappa shape index (κ1) is 9.71. The summed E-state index contributed by atoms with van der Waals surface area (Å²) in [7, 11) is 0. The van der Waals surface area contributed by atoms with Gasteiger partial charge in [0, 0.05) is 18.4 Å². The third kappa shape index (κ3) is 2.34. The number of hydrogen-bond acceptors (Lipinski definition) is 3. The minimum atomic E-state index is -0.0252. The minimum absolute atomic E-state index is 0.0252. The molecule has 0 radical (unpaired) electrons. The number of carbonyl (C=O) groups excluding carboxylic acids is 1. The van der Waals surface area contributed by atoms with Crippen molar-refractivity contribution >= 4 is 5.91 Å². The SMILES string of the molecule is N#CCN(C(=O)Cn1cccn1)C1CC1. The van der Waals surface area contributed by atoms with E-state index in [2.05, 4.69) is 5.10 Å². The van der Waals surface area contributed by atoms with Crippen LogP contribution in [0.25, 0.3) is 0 Å². The molecule has 0 N–H and O–H groups in total. The smallest absolute Gasteiger partial charge is 0.245 e. The van der Waals surface area contributed by atoms with E-state index in [1.54, 1.807) is 28.0 Å². The predicted octanol–water partition coefficient (Wildman–Crippen LogP) is 0.398. The van der Waals surface area contributed by atoms with E-state index < -0.39 is 0 Å². The molecule has 1 fully saturated rings. The molecule has 1 aliphatic rings. The van der Waals surface area contributed by atoms with Crippen molar-refractivity contribution in [1.82, 2.24) is 14.7 Å². The molecule has 5 nitrogen and oxygen atoms in total. The predicted molar refractivity (Wildman–Crippen MR) is 52.6 cm³/mol. The zero-order valence-corrected chi connectivity index (χ0v) is 8.33. The zero-order chi connectivity index (χ0) is 10.7. The van der Waals surface area contributed by atoms with Gasteiger partial charge in [-0.05, 0) is 18.9 Å². The van der Waals surface area contributed by atoms with E-state index in [1.807, 2.05) is 6.07 Å². The molecule has 2 rings (SSSR count). The van der Waals surface area contributed by atoms with Crippen LogP contribution in [0.3, 0.4) is 0 Å². The quantitative estimate of drug-likeness (QED) is 0.667. The number of nitrogens with zero attached hydrogens (tertiary/aromatic N) is 4. The van der Waals surface area contributed by atoms with Gasteiger partial charge in [-0.1, -0.05) is 0 Å². The molecule has 1 saturated carbocycles. The molecule has 0 aliphatic heterocycles. The van der Waals surface area contributed by atoms with Gasteiger partial charge in [0.1, 0.15) is 13.1 Å². The number of nitriles is 1. The fourth-order valence-electron chi connectivity index (χ4n) is 1.51. The maximum atomic E-state index is 11.8. The van der Waals surface area contributed by atoms with Crippen molar-refractivity contribution in [3.63, 3.8) is 0 Å². The Kier molecular flexibility index (Phi) is 2.68. The third-order valence-corrected chi connectivity index (χ3v) is 2.41. The summed E-state index contributed by atoms with van der Waals surface area (Å²) in [5, 5.41) is 12.6. The molecule has 0 spiro atoms. The Labute approximate surface area is 87.9 Å². The van der Waals surface area contributed by atoms with Crippen molar-refractivity contribution in [2.75, 3.05) is 6.54 Å². The lowest BCUT2D eigenvalue weighted by Crippen LogP contribution is -2.36. The molecule has 5 heteroatoms. The molecule has 1 amide bonds. The first-order valence-electron chi connectivity index (χ1n) is 4.95. The molecule has 1 aliphatic carbocycles. The summed E-state index contributed by atoms with van der Waals surface area (Å²) in [5.41, 5.74) is 0. The molecule has 0 unspecified atom stereocenters. The highest BCUT2D eigenvalue weighted by molar-refractivity contribution is 5.76. The minimum Gasteiger partial charge on any atom is -0.325 e. The number of hydrogen-bond donors (Lipinski definition) is 0. The van der Waals surface area contributed by atoms with E-state index in [1.165, 1.54) is 0 Å². The van der Waals surface area contributed by atoms with E-state index in [9.17, 15) is 4.79 Å². The van der Waals surface area contributed by atoms with Crippen molar-refractivity contribution in [2.45, 2.75) is 25.4 Å². The first-order chi connectivity index (χ1) is 7.31. The Morgan fingerprint density at radius 3 is 3.00 bits per heavy atom. The van der Waals surface area contributed by atoms with Crippen LogP contribution in [-0.2, 0) is 11.3 Å². The van der Waals surface area contributed by atoms with Crippen LogP contribution in [0.4, 0.5) is 0 Å². The van der Waals surface area contributed by atoms with Crippen molar-refractivity contribution in [3.8, 4) is 6.07 Å². The topological polar surface area (TPSA) is 61.9 Å². The van der Waals surface area contributed by atoms with Gasteiger partial charge in [-0.15, -0.1) is 0 Å². The van der Waals surface area contributed by atoms with Crippen LogP contribution in [0, 0.1) is 11.3 Å². The second-order valence-corrected chi connectivity index (χ2v) is 3.61. The average molecular weight is 204 g/mol. The van der Waals surface area contributed by atoms with Crippen LogP contribution >= 0.6 is 0 Å². The monoisotopic (exact) mass is 204 g/mol. The molecule has 0 aromatic carbocycles. The van der Waals surface area contributed by atoms with E-state index in [-0.39, 0.29) is 25.0 Å². The van der Waals surface area contributed by atoms with Crippen molar-refractivity contribution in [3.05, 3.63) is 18.5 Å². The van der Waals surface area contributed by atoms with Crippen LogP contribution in [0.5, 0.6) is 0 Å². The zero-order valence-electron chi connectivity index (χ0n) is 8.33. The third-order valence-electron chi connectivity index (χ3n) is 2.41. The van der Waals surface area contributed by atoms with E-state index >= 15 is 0 Å². The van der Waals surface area contributed by atoms with Gasteiger partial charge in [0.05, 0.1) is 6.07 Å². The fourth-order valence-corrected chi connectivity index (χ4v) is 1.51. The van der Waals surface area contributed by atoms with Crippen LogP contribution in [0.15, 0.2) is 18.5 Å². The number of amides is 1. The second-order valence-electron chi connectivity index (χ2n) is 3.61. The van der Waals surface area contributed by atoms with Crippen molar-refractivity contribution in [1.29, 1.82) is 5.26 Å². The first-order valence-corrected chi connectivity index (χ1v) is 4.95. The summed E-state index contributed by atoms with van der Waals surface area (Å²) < 4.78 is 1.58. The Morgan fingerprint density at radius 1 is 1.67 bits per heavy atom. The molecular formula is C10H12N4O. The molecule has 15 heavy (non-hydrogen) atoms. The average Bonchev–Trinajstić information content (AvgIpc) is 2.93. The summed E-state index contributed by atoms with van der Waals surface area (Å²) >= 11 is 0. The lowest BCUT2D eigenvalue weighted by Gasteiger charge is -2.18. The van der Waals surface area contributed by atoms with E-state index in [0.29, 0.717) is 0 Å². The summed E-state index contributed by atoms with van der Waals surface area (Å²) in [6, 6.07) is 4.09. The molecule has 0 bridgehead atoms.